The molecule has 0 amide bonds. The summed E-state index contributed by atoms with van der Waals surface area (Å²) in [5.74, 6) is 0.0876. The van der Waals surface area contributed by atoms with Gasteiger partial charge in [-0.05, 0) is 42.8 Å². The van der Waals surface area contributed by atoms with Crippen LogP contribution < -0.4 is 15.5 Å². The molecule has 124 valence electrons. The molecule has 3 aromatic rings. The Bertz CT molecular complexity index is 865. The van der Waals surface area contributed by atoms with E-state index in [0.29, 0.717) is 0 Å². The number of anilines is 3. The van der Waals surface area contributed by atoms with Gasteiger partial charge in [0, 0.05) is 31.9 Å². The molecule has 0 atom stereocenters. The third-order valence-electron chi connectivity index (χ3n) is 4.46. The fraction of sp³-hybridized carbons (Fsp3) is 0.294. The largest absolute Gasteiger partial charge is 0.368 e. The molecule has 0 bridgehead atoms. The number of hydrogen-bond donors (Lipinski definition) is 1. The van der Waals surface area contributed by atoms with Crippen molar-refractivity contribution in [2.45, 2.75) is 6.92 Å². The average Bonchev–Trinajstić information content (AvgIpc) is 2.97. The molecule has 3 heterocycles. The molecule has 0 saturated carbocycles. The first-order valence-electron chi connectivity index (χ1n) is 7.98. The molecule has 0 spiro atoms. The lowest BCUT2D eigenvalue weighted by Crippen LogP contribution is -2.46. The van der Waals surface area contributed by atoms with Gasteiger partial charge in [0.1, 0.15) is 5.82 Å². The minimum Gasteiger partial charge on any atom is -0.368 e. The number of hydrogen-bond acceptors (Lipinski definition) is 5. The lowest BCUT2D eigenvalue weighted by Gasteiger charge is -2.37. The van der Waals surface area contributed by atoms with Crippen molar-refractivity contribution in [1.82, 2.24) is 14.6 Å². The van der Waals surface area contributed by atoms with Gasteiger partial charge in [0.05, 0.1) is 11.9 Å². The van der Waals surface area contributed by atoms with Crippen LogP contribution in [0.25, 0.3) is 5.65 Å². The molecule has 7 heteroatoms. The second-order valence-electron chi connectivity index (χ2n) is 6.07. The standard InChI is InChI=1S/C17H19FN6/c1-12-10-15(11-24-16(12)20-17(19)21-24)23-8-6-22(7-9-23)14-4-2-13(18)3-5-14/h2-5,10-11H,6-9H2,1H3,(H2,19,21). The zero-order valence-corrected chi connectivity index (χ0v) is 13.5. The predicted octanol–water partition coefficient (Wildman–Crippen LogP) is 2.09. The van der Waals surface area contributed by atoms with Crippen LogP contribution in [0.1, 0.15) is 5.56 Å². The topological polar surface area (TPSA) is 62.7 Å². The predicted molar refractivity (Wildman–Crippen MR) is 93.0 cm³/mol. The smallest absolute Gasteiger partial charge is 0.240 e. The molecule has 1 aromatic carbocycles. The summed E-state index contributed by atoms with van der Waals surface area (Å²) in [5, 5.41) is 4.21. The van der Waals surface area contributed by atoms with Crippen LogP contribution in [0.4, 0.5) is 21.7 Å². The molecule has 6 nitrogen and oxygen atoms in total. The number of rotatable bonds is 2. The molecular weight excluding hydrogens is 307 g/mol. The van der Waals surface area contributed by atoms with Gasteiger partial charge >= 0.3 is 0 Å². The van der Waals surface area contributed by atoms with Gasteiger partial charge in [-0.2, -0.15) is 4.98 Å². The molecule has 0 unspecified atom stereocenters. The highest BCUT2D eigenvalue weighted by Gasteiger charge is 2.19. The lowest BCUT2D eigenvalue weighted by atomic mass is 10.2. The molecule has 1 aliphatic heterocycles. The average molecular weight is 326 g/mol. The monoisotopic (exact) mass is 326 g/mol. The van der Waals surface area contributed by atoms with E-state index in [2.05, 4.69) is 25.9 Å². The van der Waals surface area contributed by atoms with E-state index in [4.69, 9.17) is 5.73 Å². The van der Waals surface area contributed by atoms with E-state index in [9.17, 15) is 4.39 Å². The molecule has 1 aliphatic rings. The second kappa shape index (κ2) is 5.67. The molecule has 4 rings (SSSR count). The van der Waals surface area contributed by atoms with E-state index >= 15 is 0 Å². The maximum Gasteiger partial charge on any atom is 0.240 e. The van der Waals surface area contributed by atoms with Crippen LogP contribution in [-0.2, 0) is 0 Å². The highest BCUT2D eigenvalue weighted by Crippen LogP contribution is 2.23. The van der Waals surface area contributed by atoms with Gasteiger partial charge in [0.2, 0.25) is 5.95 Å². The van der Waals surface area contributed by atoms with E-state index in [1.165, 1.54) is 12.1 Å². The number of nitrogen functional groups attached to an aromatic ring is 1. The quantitative estimate of drug-likeness (QED) is 0.781. The maximum atomic E-state index is 13.1. The summed E-state index contributed by atoms with van der Waals surface area (Å²) in [5.41, 5.74) is 9.71. The first-order chi connectivity index (χ1) is 11.6. The van der Waals surface area contributed by atoms with Gasteiger partial charge in [0.25, 0.3) is 0 Å². The van der Waals surface area contributed by atoms with Crippen LogP contribution in [-0.4, -0.2) is 40.8 Å². The van der Waals surface area contributed by atoms with Crippen molar-refractivity contribution in [3.05, 3.63) is 47.9 Å². The summed E-state index contributed by atoms with van der Waals surface area (Å²) < 4.78 is 14.8. The third-order valence-corrected chi connectivity index (χ3v) is 4.46. The Morgan fingerprint density at radius 1 is 1.00 bits per heavy atom. The first kappa shape index (κ1) is 14.7. The number of aryl methyl sites for hydroxylation is 1. The fourth-order valence-corrected chi connectivity index (χ4v) is 3.20. The van der Waals surface area contributed by atoms with E-state index < -0.39 is 0 Å². The SMILES string of the molecule is Cc1cc(N2CCN(c3ccc(F)cc3)CC2)cn2nc(N)nc12. The summed E-state index contributed by atoms with van der Waals surface area (Å²) in [6, 6.07) is 8.80. The Morgan fingerprint density at radius 2 is 1.62 bits per heavy atom. The summed E-state index contributed by atoms with van der Waals surface area (Å²) >= 11 is 0. The Morgan fingerprint density at radius 3 is 2.29 bits per heavy atom. The van der Waals surface area contributed by atoms with Crippen molar-refractivity contribution in [3.8, 4) is 0 Å². The molecule has 1 saturated heterocycles. The van der Waals surface area contributed by atoms with Crippen LogP contribution in [0.15, 0.2) is 36.5 Å². The van der Waals surface area contributed by atoms with Crippen LogP contribution in [0, 0.1) is 12.7 Å². The van der Waals surface area contributed by atoms with E-state index in [0.717, 1.165) is 48.8 Å². The van der Waals surface area contributed by atoms with Crippen molar-refractivity contribution >= 4 is 23.0 Å². The number of fused-ring (bicyclic) bond motifs is 1. The van der Waals surface area contributed by atoms with Gasteiger partial charge in [-0.3, -0.25) is 0 Å². The molecular formula is C17H19FN6. The number of piperazine rings is 1. The van der Waals surface area contributed by atoms with Crippen LogP contribution in [0.3, 0.4) is 0 Å². The zero-order valence-electron chi connectivity index (χ0n) is 13.5. The van der Waals surface area contributed by atoms with Gasteiger partial charge < -0.3 is 15.5 Å². The van der Waals surface area contributed by atoms with Gasteiger partial charge in [-0.1, -0.05) is 0 Å². The normalized spacial score (nSPS) is 15.2. The Hall–Kier alpha value is -2.83. The van der Waals surface area contributed by atoms with Gasteiger partial charge in [-0.15, -0.1) is 5.10 Å². The number of pyridine rings is 1. The number of halogens is 1. The molecule has 1 fully saturated rings. The fourth-order valence-electron chi connectivity index (χ4n) is 3.20. The minimum absolute atomic E-state index is 0.201. The van der Waals surface area contributed by atoms with Crippen LogP contribution in [0.5, 0.6) is 0 Å². The number of nitrogens with two attached hydrogens (primary N) is 1. The molecule has 24 heavy (non-hydrogen) atoms. The van der Waals surface area contributed by atoms with Crippen molar-refractivity contribution in [2.24, 2.45) is 0 Å². The summed E-state index contributed by atoms with van der Waals surface area (Å²) in [6.45, 7) is 5.59. The lowest BCUT2D eigenvalue weighted by molar-refractivity contribution is 0.624. The third kappa shape index (κ3) is 2.62. The van der Waals surface area contributed by atoms with Crippen LogP contribution in [0.2, 0.25) is 0 Å². The number of aromatic nitrogens is 3. The van der Waals surface area contributed by atoms with Crippen molar-refractivity contribution in [3.63, 3.8) is 0 Å². The highest BCUT2D eigenvalue weighted by molar-refractivity contribution is 5.59. The van der Waals surface area contributed by atoms with E-state index in [-0.39, 0.29) is 11.8 Å². The van der Waals surface area contributed by atoms with Gasteiger partial charge in [-0.25, -0.2) is 8.91 Å². The van der Waals surface area contributed by atoms with Crippen molar-refractivity contribution in [1.29, 1.82) is 0 Å². The zero-order chi connectivity index (χ0) is 16.7. The Labute approximate surface area is 139 Å². The van der Waals surface area contributed by atoms with Crippen molar-refractivity contribution in [2.75, 3.05) is 41.7 Å². The van der Waals surface area contributed by atoms with E-state index in [1.807, 2.05) is 25.3 Å². The molecule has 0 radical (unpaired) electrons. The van der Waals surface area contributed by atoms with Gasteiger partial charge in [0.15, 0.2) is 5.65 Å². The molecule has 2 aromatic heterocycles. The minimum atomic E-state index is -0.201. The number of benzene rings is 1. The summed E-state index contributed by atoms with van der Waals surface area (Å²) in [6.07, 6.45) is 1.97. The van der Waals surface area contributed by atoms with Crippen LogP contribution >= 0.6 is 0 Å². The molecule has 2 N–H and O–H groups in total. The molecule has 0 aliphatic carbocycles. The first-order valence-corrected chi connectivity index (χ1v) is 7.98. The Balaban J connectivity index is 1.52. The van der Waals surface area contributed by atoms with E-state index in [1.54, 1.807) is 4.52 Å². The maximum absolute atomic E-state index is 13.1. The number of nitrogens with zero attached hydrogens (tertiary/aromatic N) is 5. The highest BCUT2D eigenvalue weighted by atomic mass is 19.1. The summed E-state index contributed by atoms with van der Waals surface area (Å²) in [4.78, 5) is 8.83. The van der Waals surface area contributed by atoms with Crippen molar-refractivity contribution < 1.29 is 4.39 Å². The Kier molecular flexibility index (Phi) is 3.48. The second-order valence-corrected chi connectivity index (χ2v) is 6.07. The summed E-state index contributed by atoms with van der Waals surface area (Å²) in [7, 11) is 0.